The predicted molar refractivity (Wildman–Crippen MR) is 67.7 cm³/mol. The van der Waals surface area contributed by atoms with Gasteiger partial charge in [-0.25, -0.2) is 0 Å². The Morgan fingerprint density at radius 3 is 2.81 bits per heavy atom. The number of alkyl halides is 3. The van der Waals surface area contributed by atoms with Crippen LogP contribution in [0.1, 0.15) is 28.8 Å². The molecule has 2 rings (SSSR count). The number of carbonyl (C=O) groups excluding carboxylic acids is 1. The highest BCUT2D eigenvalue weighted by atomic mass is 35.5. The second kappa shape index (κ2) is 5.76. The van der Waals surface area contributed by atoms with Crippen LogP contribution in [0.15, 0.2) is 12.3 Å². The van der Waals surface area contributed by atoms with Crippen molar-refractivity contribution in [2.45, 2.75) is 26.2 Å². The number of hydrogen-bond donors (Lipinski definition) is 2. The van der Waals surface area contributed by atoms with E-state index in [1.165, 1.54) is 6.20 Å². The summed E-state index contributed by atoms with van der Waals surface area (Å²) in [7, 11) is 0. The maximum absolute atomic E-state index is 12.4. The molecule has 0 aliphatic carbocycles. The average Bonchev–Trinajstić information content (AvgIpc) is 3.02. The van der Waals surface area contributed by atoms with Crippen molar-refractivity contribution in [2.75, 3.05) is 0 Å². The minimum Gasteiger partial charge on any atom is -0.345 e. The Balaban J connectivity index is 2.05. The van der Waals surface area contributed by atoms with Gasteiger partial charge in [0.05, 0.1) is 23.5 Å². The molecule has 21 heavy (non-hydrogen) atoms. The Labute approximate surface area is 122 Å². The van der Waals surface area contributed by atoms with E-state index < -0.39 is 17.8 Å². The molecule has 0 aliphatic rings. The van der Waals surface area contributed by atoms with Crippen molar-refractivity contribution in [1.82, 2.24) is 25.3 Å². The van der Waals surface area contributed by atoms with E-state index in [9.17, 15) is 18.0 Å². The van der Waals surface area contributed by atoms with Crippen molar-refractivity contribution >= 4 is 17.5 Å². The zero-order chi connectivity index (χ0) is 15.6. The maximum Gasteiger partial charge on any atom is 0.432 e. The molecule has 0 radical (unpaired) electrons. The molecule has 0 saturated heterocycles. The SMILES string of the molecule is CCn1ncc(Cl)c1CNC(=O)c1cc(C(F)(F)F)[nH]n1. The number of amides is 1. The predicted octanol–water partition coefficient (Wildman–Crippen LogP) is 2.23. The second-order valence-electron chi connectivity index (χ2n) is 4.10. The number of nitrogens with one attached hydrogen (secondary N) is 2. The lowest BCUT2D eigenvalue weighted by Gasteiger charge is -2.06. The van der Waals surface area contributed by atoms with Crippen molar-refractivity contribution in [3.8, 4) is 0 Å². The van der Waals surface area contributed by atoms with Crippen LogP contribution in [0.3, 0.4) is 0 Å². The molecule has 0 aromatic carbocycles. The molecule has 2 aromatic heterocycles. The monoisotopic (exact) mass is 321 g/mol. The number of nitrogens with zero attached hydrogens (tertiary/aromatic N) is 3. The molecule has 2 heterocycles. The zero-order valence-electron chi connectivity index (χ0n) is 10.8. The molecule has 0 aliphatic heterocycles. The van der Waals surface area contributed by atoms with Crippen LogP contribution in [0.4, 0.5) is 13.2 Å². The van der Waals surface area contributed by atoms with Gasteiger partial charge in [-0.1, -0.05) is 11.6 Å². The van der Waals surface area contributed by atoms with Gasteiger partial charge in [0.15, 0.2) is 5.69 Å². The van der Waals surface area contributed by atoms with Crippen LogP contribution in [0.25, 0.3) is 0 Å². The molecule has 0 atom stereocenters. The van der Waals surface area contributed by atoms with Gasteiger partial charge in [-0.3, -0.25) is 14.6 Å². The number of H-pyrrole nitrogens is 1. The van der Waals surface area contributed by atoms with Crippen LogP contribution in [-0.4, -0.2) is 25.9 Å². The smallest absolute Gasteiger partial charge is 0.345 e. The fraction of sp³-hybridized carbons (Fsp3) is 0.364. The molecular weight excluding hydrogens is 311 g/mol. The molecule has 0 unspecified atom stereocenters. The minimum absolute atomic E-state index is 0.0414. The molecule has 114 valence electrons. The fourth-order valence-electron chi connectivity index (χ4n) is 1.67. The van der Waals surface area contributed by atoms with Crippen LogP contribution in [0.5, 0.6) is 0 Å². The summed E-state index contributed by atoms with van der Waals surface area (Å²) in [6.45, 7) is 2.44. The lowest BCUT2D eigenvalue weighted by atomic mass is 10.3. The van der Waals surface area contributed by atoms with E-state index in [1.54, 1.807) is 9.78 Å². The van der Waals surface area contributed by atoms with Gasteiger partial charge in [0.1, 0.15) is 5.69 Å². The highest BCUT2D eigenvalue weighted by molar-refractivity contribution is 6.31. The van der Waals surface area contributed by atoms with Crippen molar-refractivity contribution in [3.05, 3.63) is 34.4 Å². The molecule has 0 bridgehead atoms. The summed E-state index contributed by atoms with van der Waals surface area (Å²) in [6, 6.07) is 0.647. The summed E-state index contributed by atoms with van der Waals surface area (Å²) >= 11 is 5.91. The third-order valence-corrected chi connectivity index (χ3v) is 3.05. The van der Waals surface area contributed by atoms with E-state index in [4.69, 9.17) is 11.6 Å². The van der Waals surface area contributed by atoms with Crippen LogP contribution < -0.4 is 5.32 Å². The Morgan fingerprint density at radius 2 is 2.24 bits per heavy atom. The van der Waals surface area contributed by atoms with Gasteiger partial charge in [0.2, 0.25) is 0 Å². The van der Waals surface area contributed by atoms with Gasteiger partial charge >= 0.3 is 6.18 Å². The van der Waals surface area contributed by atoms with Gasteiger partial charge in [0, 0.05) is 12.6 Å². The van der Waals surface area contributed by atoms with Gasteiger partial charge < -0.3 is 5.32 Å². The first kappa shape index (κ1) is 15.4. The molecule has 0 fully saturated rings. The molecule has 2 aromatic rings. The molecule has 1 amide bonds. The van der Waals surface area contributed by atoms with Gasteiger partial charge in [0.25, 0.3) is 5.91 Å². The van der Waals surface area contributed by atoms with Crippen molar-refractivity contribution in [1.29, 1.82) is 0 Å². The highest BCUT2D eigenvalue weighted by Gasteiger charge is 2.33. The van der Waals surface area contributed by atoms with E-state index in [2.05, 4.69) is 15.5 Å². The normalized spacial score (nSPS) is 11.7. The summed E-state index contributed by atoms with van der Waals surface area (Å²) in [5.74, 6) is -0.735. The maximum atomic E-state index is 12.4. The van der Waals surface area contributed by atoms with E-state index in [1.807, 2.05) is 6.92 Å². The van der Waals surface area contributed by atoms with E-state index in [0.29, 0.717) is 23.3 Å². The number of aromatic amines is 1. The molecule has 2 N–H and O–H groups in total. The number of aromatic nitrogens is 4. The molecule has 6 nitrogen and oxygen atoms in total. The third-order valence-electron chi connectivity index (χ3n) is 2.73. The standard InChI is InChI=1S/C11H11ClF3N5O/c1-2-20-8(6(12)4-17-20)5-16-10(21)7-3-9(19-18-7)11(13,14)15/h3-4H,2,5H2,1H3,(H,16,21)(H,18,19). The first-order chi connectivity index (χ1) is 9.82. The summed E-state index contributed by atoms with van der Waals surface area (Å²) in [6.07, 6.45) is -3.14. The van der Waals surface area contributed by atoms with E-state index in [-0.39, 0.29) is 12.2 Å². The summed E-state index contributed by atoms with van der Waals surface area (Å²) in [5.41, 5.74) is -0.857. The first-order valence-corrected chi connectivity index (χ1v) is 6.31. The van der Waals surface area contributed by atoms with Crippen LogP contribution in [0, 0.1) is 0 Å². The number of rotatable bonds is 4. The molecule has 0 spiro atoms. The van der Waals surface area contributed by atoms with Crippen molar-refractivity contribution < 1.29 is 18.0 Å². The summed E-state index contributed by atoms with van der Waals surface area (Å²) in [4.78, 5) is 11.8. The lowest BCUT2D eigenvalue weighted by Crippen LogP contribution is -2.25. The number of hydrogen-bond acceptors (Lipinski definition) is 3. The van der Waals surface area contributed by atoms with Crippen molar-refractivity contribution in [3.63, 3.8) is 0 Å². The van der Waals surface area contributed by atoms with Crippen LogP contribution in [-0.2, 0) is 19.3 Å². The Hall–Kier alpha value is -2.03. The fourth-order valence-corrected chi connectivity index (χ4v) is 1.88. The highest BCUT2D eigenvalue weighted by Crippen LogP contribution is 2.27. The van der Waals surface area contributed by atoms with E-state index >= 15 is 0 Å². The van der Waals surface area contributed by atoms with Crippen LogP contribution >= 0.6 is 11.6 Å². The average molecular weight is 322 g/mol. The first-order valence-electron chi connectivity index (χ1n) is 5.94. The van der Waals surface area contributed by atoms with E-state index in [0.717, 1.165) is 0 Å². The van der Waals surface area contributed by atoms with Crippen LogP contribution in [0.2, 0.25) is 5.02 Å². The summed E-state index contributed by atoms with van der Waals surface area (Å²) < 4.78 is 38.8. The molecular formula is C11H11ClF3N5O. The Kier molecular flexibility index (Phi) is 4.21. The van der Waals surface area contributed by atoms with Gasteiger partial charge in [-0.05, 0) is 6.92 Å². The largest absolute Gasteiger partial charge is 0.432 e. The Morgan fingerprint density at radius 1 is 1.52 bits per heavy atom. The Bertz CT molecular complexity index is 649. The third kappa shape index (κ3) is 3.35. The number of carbonyl (C=O) groups is 1. The minimum atomic E-state index is -4.57. The second-order valence-corrected chi connectivity index (χ2v) is 4.51. The summed E-state index contributed by atoms with van der Waals surface area (Å²) in [5, 5.41) is 11.9. The molecule has 10 heteroatoms. The van der Waals surface area contributed by atoms with Gasteiger partial charge in [-0.15, -0.1) is 0 Å². The molecule has 0 saturated carbocycles. The topological polar surface area (TPSA) is 75.6 Å². The quantitative estimate of drug-likeness (QED) is 0.906. The zero-order valence-corrected chi connectivity index (χ0v) is 11.6. The van der Waals surface area contributed by atoms with Crippen molar-refractivity contribution in [2.24, 2.45) is 0 Å². The lowest BCUT2D eigenvalue weighted by molar-refractivity contribution is -0.141. The number of halogens is 4. The number of aryl methyl sites for hydroxylation is 1. The van der Waals surface area contributed by atoms with Gasteiger partial charge in [-0.2, -0.15) is 23.4 Å².